The summed E-state index contributed by atoms with van der Waals surface area (Å²) >= 11 is 5.87. The molecule has 0 saturated heterocycles. The van der Waals surface area contributed by atoms with Crippen LogP contribution in [0.15, 0.2) is 24.3 Å². The lowest BCUT2D eigenvalue weighted by molar-refractivity contribution is -0.122. The van der Waals surface area contributed by atoms with Gasteiger partial charge in [0.2, 0.25) is 5.91 Å². The van der Waals surface area contributed by atoms with Crippen molar-refractivity contribution in [2.24, 2.45) is 5.73 Å². The number of carbonyl (C=O) groups excluding carboxylic acids is 1. The van der Waals surface area contributed by atoms with E-state index in [1.54, 1.807) is 7.11 Å². The van der Waals surface area contributed by atoms with Crippen molar-refractivity contribution in [1.82, 2.24) is 5.32 Å². The van der Waals surface area contributed by atoms with E-state index in [4.69, 9.17) is 22.1 Å². The molecule has 1 aromatic rings. The van der Waals surface area contributed by atoms with Crippen molar-refractivity contribution >= 4 is 29.9 Å². The highest BCUT2D eigenvalue weighted by molar-refractivity contribution is 6.30. The number of nitrogens with one attached hydrogen (secondary N) is 1. The molecule has 3 unspecified atom stereocenters. The predicted octanol–water partition coefficient (Wildman–Crippen LogP) is 3.08. The largest absolute Gasteiger partial charge is 0.375 e. The number of ether oxygens (including phenoxy) is 1. The Bertz CT molecular complexity index is 424. The average Bonchev–Trinajstić information content (AvgIpc) is 2.39. The molecule has 1 rings (SSSR count). The lowest BCUT2D eigenvalue weighted by atomic mass is 10.0. The summed E-state index contributed by atoms with van der Waals surface area (Å²) in [6, 6.07) is 7.34. The summed E-state index contributed by atoms with van der Waals surface area (Å²) in [5, 5.41) is 3.62. The Morgan fingerprint density at radius 2 is 1.90 bits per heavy atom. The first-order valence-corrected chi connectivity index (χ1v) is 7.15. The van der Waals surface area contributed by atoms with Crippen LogP contribution in [0.4, 0.5) is 0 Å². The topological polar surface area (TPSA) is 64.3 Å². The van der Waals surface area contributed by atoms with Gasteiger partial charge in [0.15, 0.2) is 0 Å². The minimum absolute atomic E-state index is 0. The van der Waals surface area contributed by atoms with Gasteiger partial charge in [-0.25, -0.2) is 0 Å². The van der Waals surface area contributed by atoms with Crippen LogP contribution in [0, 0.1) is 0 Å². The summed E-state index contributed by atoms with van der Waals surface area (Å²) in [5.74, 6) is -0.00851. The molecule has 0 aliphatic carbocycles. The fourth-order valence-corrected chi connectivity index (χ4v) is 2.17. The van der Waals surface area contributed by atoms with E-state index in [9.17, 15) is 4.79 Å². The third-order valence-electron chi connectivity index (χ3n) is 3.12. The molecule has 0 spiro atoms. The average molecular weight is 335 g/mol. The minimum atomic E-state index is -0.202. The molecular formula is C15H24Cl2N2O2. The molecule has 0 aliphatic rings. The molecule has 0 bridgehead atoms. The van der Waals surface area contributed by atoms with Crippen molar-refractivity contribution in [2.45, 2.75) is 44.9 Å². The molecule has 0 aliphatic heterocycles. The second kappa shape index (κ2) is 10.0. The summed E-state index contributed by atoms with van der Waals surface area (Å²) in [6.07, 6.45) is 0.905. The summed E-state index contributed by atoms with van der Waals surface area (Å²) in [7, 11) is 1.63. The number of nitrogens with two attached hydrogens (primary N) is 1. The van der Waals surface area contributed by atoms with Gasteiger partial charge in [-0.15, -0.1) is 12.4 Å². The van der Waals surface area contributed by atoms with E-state index < -0.39 is 0 Å². The van der Waals surface area contributed by atoms with Gasteiger partial charge in [-0.2, -0.15) is 0 Å². The smallest absolute Gasteiger partial charge is 0.220 e. The van der Waals surface area contributed by atoms with Gasteiger partial charge >= 0.3 is 0 Å². The Balaban J connectivity index is 0.00000400. The maximum Gasteiger partial charge on any atom is 0.220 e. The summed E-state index contributed by atoms with van der Waals surface area (Å²) < 4.78 is 5.48. The number of hydrogen-bond donors (Lipinski definition) is 2. The minimum Gasteiger partial charge on any atom is -0.375 e. The number of amides is 1. The van der Waals surface area contributed by atoms with Gasteiger partial charge in [-0.3, -0.25) is 4.79 Å². The van der Waals surface area contributed by atoms with Crippen molar-refractivity contribution in [3.8, 4) is 0 Å². The highest BCUT2D eigenvalue weighted by atomic mass is 35.5. The monoisotopic (exact) mass is 334 g/mol. The first kappa shape index (κ1) is 20.2. The number of halogens is 2. The van der Waals surface area contributed by atoms with Crippen molar-refractivity contribution in [3.63, 3.8) is 0 Å². The lowest BCUT2D eigenvalue weighted by Gasteiger charge is -2.24. The Labute approximate surface area is 137 Å². The van der Waals surface area contributed by atoms with E-state index in [-0.39, 0.29) is 36.5 Å². The van der Waals surface area contributed by atoms with E-state index >= 15 is 0 Å². The Morgan fingerprint density at radius 1 is 1.33 bits per heavy atom. The van der Waals surface area contributed by atoms with Crippen molar-refractivity contribution in [3.05, 3.63) is 34.9 Å². The quantitative estimate of drug-likeness (QED) is 0.805. The zero-order valence-electron chi connectivity index (χ0n) is 12.6. The van der Waals surface area contributed by atoms with Gasteiger partial charge in [-0.1, -0.05) is 23.7 Å². The number of carbonyl (C=O) groups is 1. The fraction of sp³-hybridized carbons (Fsp3) is 0.533. The molecule has 0 saturated carbocycles. The Hall–Kier alpha value is -0.810. The van der Waals surface area contributed by atoms with Crippen LogP contribution in [0.1, 0.15) is 38.4 Å². The van der Waals surface area contributed by atoms with Crippen LogP contribution >= 0.6 is 24.0 Å². The summed E-state index contributed by atoms with van der Waals surface area (Å²) in [6.45, 7) is 3.81. The Morgan fingerprint density at radius 3 is 2.38 bits per heavy atom. The van der Waals surface area contributed by atoms with Crippen LogP contribution in [0.25, 0.3) is 0 Å². The molecule has 0 fully saturated rings. The van der Waals surface area contributed by atoms with Crippen LogP contribution in [0.2, 0.25) is 5.02 Å². The lowest BCUT2D eigenvalue weighted by Crippen LogP contribution is -2.38. The molecule has 3 N–H and O–H groups in total. The molecule has 0 aromatic heterocycles. The molecule has 0 radical (unpaired) electrons. The zero-order valence-corrected chi connectivity index (χ0v) is 14.2. The van der Waals surface area contributed by atoms with Crippen LogP contribution in [0.3, 0.4) is 0 Å². The molecule has 6 heteroatoms. The maximum atomic E-state index is 11.8. The van der Waals surface area contributed by atoms with E-state index in [2.05, 4.69) is 5.32 Å². The van der Waals surface area contributed by atoms with Crippen LogP contribution in [-0.4, -0.2) is 25.1 Å². The van der Waals surface area contributed by atoms with E-state index in [0.717, 1.165) is 5.56 Å². The van der Waals surface area contributed by atoms with Crippen molar-refractivity contribution in [1.29, 1.82) is 0 Å². The second-order valence-corrected chi connectivity index (χ2v) is 5.52. The van der Waals surface area contributed by atoms with Crippen molar-refractivity contribution in [2.75, 3.05) is 7.11 Å². The zero-order chi connectivity index (χ0) is 15.1. The molecule has 1 amide bonds. The normalized spacial score (nSPS) is 14.7. The third kappa shape index (κ3) is 7.14. The molecule has 21 heavy (non-hydrogen) atoms. The summed E-state index contributed by atoms with van der Waals surface area (Å²) in [5.41, 5.74) is 6.63. The van der Waals surface area contributed by atoms with Gasteiger partial charge < -0.3 is 15.8 Å². The van der Waals surface area contributed by atoms with Gasteiger partial charge in [-0.05, 0) is 38.0 Å². The molecule has 120 valence electrons. The van der Waals surface area contributed by atoms with Crippen LogP contribution in [-0.2, 0) is 9.53 Å². The van der Waals surface area contributed by atoms with Gasteiger partial charge in [0.1, 0.15) is 6.10 Å². The van der Waals surface area contributed by atoms with E-state index in [1.807, 2.05) is 38.1 Å². The van der Waals surface area contributed by atoms with E-state index in [1.165, 1.54) is 0 Å². The molecule has 0 heterocycles. The maximum absolute atomic E-state index is 11.8. The van der Waals surface area contributed by atoms with Gasteiger partial charge in [0.25, 0.3) is 0 Å². The van der Waals surface area contributed by atoms with E-state index in [0.29, 0.717) is 17.9 Å². The highest BCUT2D eigenvalue weighted by Crippen LogP contribution is 2.22. The molecule has 3 atom stereocenters. The van der Waals surface area contributed by atoms with Crippen LogP contribution in [0.5, 0.6) is 0 Å². The standard InChI is InChI=1S/C15H23ClN2O2.ClH/c1-10(17)4-9-14(19)18-11(2)15(20-3)12-5-7-13(16)8-6-12;/h5-8,10-11,15H,4,9,17H2,1-3H3,(H,18,19);1H. The number of hydrogen-bond acceptors (Lipinski definition) is 3. The SMILES string of the molecule is COC(c1ccc(Cl)cc1)C(C)NC(=O)CCC(C)N.Cl. The predicted molar refractivity (Wildman–Crippen MR) is 88.9 cm³/mol. The number of methoxy groups -OCH3 is 1. The molecular weight excluding hydrogens is 311 g/mol. The Kier molecular flexibility index (Phi) is 9.62. The number of rotatable bonds is 7. The molecule has 1 aromatic carbocycles. The van der Waals surface area contributed by atoms with Gasteiger partial charge in [0.05, 0.1) is 6.04 Å². The first-order chi connectivity index (χ1) is 9.43. The van der Waals surface area contributed by atoms with Crippen molar-refractivity contribution < 1.29 is 9.53 Å². The molecule has 4 nitrogen and oxygen atoms in total. The first-order valence-electron chi connectivity index (χ1n) is 6.77. The van der Waals surface area contributed by atoms with Gasteiger partial charge in [0, 0.05) is 24.6 Å². The third-order valence-corrected chi connectivity index (χ3v) is 3.37. The highest BCUT2D eigenvalue weighted by Gasteiger charge is 2.20. The fourth-order valence-electron chi connectivity index (χ4n) is 2.04. The second-order valence-electron chi connectivity index (χ2n) is 5.08. The van der Waals surface area contributed by atoms with Crippen LogP contribution < -0.4 is 11.1 Å². The number of benzene rings is 1. The summed E-state index contributed by atoms with van der Waals surface area (Å²) in [4.78, 5) is 11.8.